The van der Waals surface area contributed by atoms with E-state index in [-0.39, 0.29) is 0 Å². The highest BCUT2D eigenvalue weighted by molar-refractivity contribution is 6.30. The van der Waals surface area contributed by atoms with E-state index in [2.05, 4.69) is 5.32 Å². The molecule has 1 saturated heterocycles. The lowest BCUT2D eigenvalue weighted by molar-refractivity contribution is 0.391. The minimum atomic E-state index is 0.293. The molecule has 1 heterocycles. The summed E-state index contributed by atoms with van der Waals surface area (Å²) in [6, 6.07) is 5.63. The average molecular weight is 212 g/mol. The Balaban J connectivity index is 2.22. The van der Waals surface area contributed by atoms with Crippen LogP contribution in [0, 0.1) is 0 Å². The lowest BCUT2D eigenvalue weighted by Crippen LogP contribution is -2.26. The molecule has 0 aliphatic carbocycles. The third-order valence-electron chi connectivity index (χ3n) is 2.68. The normalized spacial score (nSPS) is 22.2. The molecule has 2 N–H and O–H groups in total. The number of nitrogens with one attached hydrogen (secondary N) is 1. The summed E-state index contributed by atoms with van der Waals surface area (Å²) in [4.78, 5) is 0. The van der Waals surface area contributed by atoms with E-state index >= 15 is 0 Å². The van der Waals surface area contributed by atoms with Crippen molar-refractivity contribution in [1.82, 2.24) is 5.32 Å². The quantitative estimate of drug-likeness (QED) is 0.749. The molecule has 3 heteroatoms. The monoisotopic (exact) mass is 211 g/mol. The molecular formula is C11H14ClNO. The Morgan fingerprint density at radius 3 is 2.86 bits per heavy atom. The standard InChI is InChI=1S/C11H14ClNO/c12-8-4-5-9(11(14)7-8)10-3-1-2-6-13-10/h4-5,7,10,13-14H,1-3,6H2/t10-/m0/s1. The Bertz CT molecular complexity index is 321. The van der Waals surface area contributed by atoms with Crippen molar-refractivity contribution in [1.29, 1.82) is 0 Å². The molecule has 0 amide bonds. The molecule has 1 fully saturated rings. The highest BCUT2D eigenvalue weighted by Crippen LogP contribution is 2.31. The molecule has 0 spiro atoms. The van der Waals surface area contributed by atoms with E-state index in [4.69, 9.17) is 11.6 Å². The second-order valence-electron chi connectivity index (χ2n) is 3.71. The molecular weight excluding hydrogens is 198 g/mol. The molecule has 1 atom stereocenters. The van der Waals surface area contributed by atoms with Crippen molar-refractivity contribution < 1.29 is 5.11 Å². The van der Waals surface area contributed by atoms with Crippen LogP contribution in [0.3, 0.4) is 0 Å². The average Bonchev–Trinajstić information content (AvgIpc) is 2.19. The number of piperidine rings is 1. The Hall–Kier alpha value is -0.730. The number of aromatic hydroxyl groups is 1. The molecule has 0 unspecified atom stereocenters. The maximum Gasteiger partial charge on any atom is 0.121 e. The largest absolute Gasteiger partial charge is 0.508 e. The van der Waals surface area contributed by atoms with Crippen LogP contribution in [0.1, 0.15) is 30.9 Å². The predicted molar refractivity (Wildman–Crippen MR) is 57.7 cm³/mol. The van der Waals surface area contributed by atoms with Gasteiger partial charge < -0.3 is 10.4 Å². The van der Waals surface area contributed by atoms with E-state index in [1.165, 1.54) is 12.8 Å². The molecule has 76 valence electrons. The fourth-order valence-corrected chi connectivity index (χ4v) is 2.10. The summed E-state index contributed by atoms with van der Waals surface area (Å²) in [5.74, 6) is 0.303. The van der Waals surface area contributed by atoms with Crippen molar-refractivity contribution in [2.45, 2.75) is 25.3 Å². The topological polar surface area (TPSA) is 32.3 Å². The third-order valence-corrected chi connectivity index (χ3v) is 2.91. The fourth-order valence-electron chi connectivity index (χ4n) is 1.93. The van der Waals surface area contributed by atoms with Gasteiger partial charge in [0.15, 0.2) is 0 Å². The smallest absolute Gasteiger partial charge is 0.121 e. The number of rotatable bonds is 1. The molecule has 1 aromatic rings. The first-order valence-corrected chi connectivity index (χ1v) is 5.37. The van der Waals surface area contributed by atoms with Crippen LogP contribution in [0.25, 0.3) is 0 Å². The van der Waals surface area contributed by atoms with Crippen molar-refractivity contribution in [3.05, 3.63) is 28.8 Å². The van der Waals surface area contributed by atoms with Crippen LogP contribution >= 0.6 is 11.6 Å². The van der Waals surface area contributed by atoms with Crippen LogP contribution in [0.2, 0.25) is 5.02 Å². The van der Waals surface area contributed by atoms with Gasteiger partial charge in [0, 0.05) is 16.6 Å². The van der Waals surface area contributed by atoms with Gasteiger partial charge in [-0.1, -0.05) is 24.1 Å². The van der Waals surface area contributed by atoms with Gasteiger partial charge in [0.1, 0.15) is 5.75 Å². The molecule has 0 saturated carbocycles. The summed E-state index contributed by atoms with van der Waals surface area (Å²) in [5, 5.41) is 13.7. The van der Waals surface area contributed by atoms with Gasteiger partial charge in [-0.15, -0.1) is 0 Å². The maximum absolute atomic E-state index is 9.72. The minimum Gasteiger partial charge on any atom is -0.508 e. The van der Waals surface area contributed by atoms with Crippen LogP contribution in [0.4, 0.5) is 0 Å². The molecule has 0 aromatic heterocycles. The van der Waals surface area contributed by atoms with Crippen LogP contribution < -0.4 is 5.32 Å². The van der Waals surface area contributed by atoms with Crippen molar-refractivity contribution in [3.8, 4) is 5.75 Å². The van der Waals surface area contributed by atoms with Gasteiger partial charge in [-0.2, -0.15) is 0 Å². The first kappa shape index (κ1) is 9.81. The second-order valence-corrected chi connectivity index (χ2v) is 4.14. The summed E-state index contributed by atoms with van der Waals surface area (Å²) in [6.45, 7) is 1.03. The van der Waals surface area contributed by atoms with Crippen molar-refractivity contribution in [3.63, 3.8) is 0 Å². The predicted octanol–water partition coefficient (Wildman–Crippen LogP) is 2.86. The molecule has 1 aliphatic heterocycles. The minimum absolute atomic E-state index is 0.293. The van der Waals surface area contributed by atoms with E-state index in [0.717, 1.165) is 18.5 Å². The first-order chi connectivity index (χ1) is 6.77. The summed E-state index contributed by atoms with van der Waals surface area (Å²) in [7, 11) is 0. The lowest BCUT2D eigenvalue weighted by Gasteiger charge is -2.24. The highest BCUT2D eigenvalue weighted by atomic mass is 35.5. The van der Waals surface area contributed by atoms with Crippen molar-refractivity contribution in [2.75, 3.05) is 6.54 Å². The molecule has 2 nitrogen and oxygen atoms in total. The van der Waals surface area contributed by atoms with E-state index in [0.29, 0.717) is 16.8 Å². The summed E-state index contributed by atoms with van der Waals surface area (Å²) < 4.78 is 0. The van der Waals surface area contributed by atoms with Crippen LogP contribution in [0.15, 0.2) is 18.2 Å². The van der Waals surface area contributed by atoms with E-state index in [1.807, 2.05) is 12.1 Å². The second kappa shape index (κ2) is 4.20. The molecule has 0 bridgehead atoms. The van der Waals surface area contributed by atoms with Gasteiger partial charge in [0.05, 0.1) is 0 Å². The van der Waals surface area contributed by atoms with Gasteiger partial charge in [-0.25, -0.2) is 0 Å². The summed E-state index contributed by atoms with van der Waals surface area (Å²) >= 11 is 5.78. The zero-order chi connectivity index (χ0) is 9.97. The number of hydrogen-bond donors (Lipinski definition) is 2. The van der Waals surface area contributed by atoms with E-state index in [1.54, 1.807) is 6.07 Å². The molecule has 1 aromatic carbocycles. The van der Waals surface area contributed by atoms with Gasteiger partial charge in [-0.3, -0.25) is 0 Å². The van der Waals surface area contributed by atoms with Crippen molar-refractivity contribution in [2.24, 2.45) is 0 Å². The number of benzene rings is 1. The zero-order valence-electron chi connectivity index (χ0n) is 7.96. The molecule has 1 aliphatic rings. The summed E-state index contributed by atoms with van der Waals surface area (Å²) in [6.07, 6.45) is 3.54. The Kier molecular flexibility index (Phi) is 2.94. The van der Waals surface area contributed by atoms with Crippen LogP contribution in [-0.2, 0) is 0 Å². The highest BCUT2D eigenvalue weighted by Gasteiger charge is 2.17. The molecule has 14 heavy (non-hydrogen) atoms. The van der Waals surface area contributed by atoms with Crippen LogP contribution in [-0.4, -0.2) is 11.7 Å². The van der Waals surface area contributed by atoms with Gasteiger partial charge in [0.2, 0.25) is 0 Å². The van der Waals surface area contributed by atoms with Gasteiger partial charge >= 0.3 is 0 Å². The fraction of sp³-hybridized carbons (Fsp3) is 0.455. The maximum atomic E-state index is 9.72. The van der Waals surface area contributed by atoms with E-state index < -0.39 is 0 Å². The Morgan fingerprint density at radius 1 is 1.36 bits per heavy atom. The number of phenolic OH excluding ortho intramolecular Hbond substituents is 1. The Labute approximate surface area is 88.9 Å². The van der Waals surface area contributed by atoms with E-state index in [9.17, 15) is 5.11 Å². The SMILES string of the molecule is Oc1cc(Cl)ccc1[C@@H]1CCCCN1. The van der Waals surface area contributed by atoms with Gasteiger partial charge in [0.25, 0.3) is 0 Å². The number of hydrogen-bond acceptors (Lipinski definition) is 2. The number of halogens is 1. The number of phenols is 1. The summed E-state index contributed by atoms with van der Waals surface area (Å²) in [5.41, 5.74) is 0.967. The van der Waals surface area contributed by atoms with Gasteiger partial charge in [-0.05, 0) is 31.5 Å². The van der Waals surface area contributed by atoms with Crippen LogP contribution in [0.5, 0.6) is 5.75 Å². The first-order valence-electron chi connectivity index (χ1n) is 4.99. The Morgan fingerprint density at radius 2 is 2.21 bits per heavy atom. The van der Waals surface area contributed by atoms with Crippen molar-refractivity contribution >= 4 is 11.6 Å². The molecule has 0 radical (unpaired) electrons. The molecule has 2 rings (SSSR count). The lowest BCUT2D eigenvalue weighted by atomic mass is 9.97. The zero-order valence-corrected chi connectivity index (χ0v) is 8.72. The third kappa shape index (κ3) is 2.02.